The van der Waals surface area contributed by atoms with E-state index in [1.807, 2.05) is 0 Å². The fourth-order valence-electron chi connectivity index (χ4n) is 8.47. The molecular weight excluding hydrogens is 823 g/mol. The maximum Gasteiger partial charge on any atom is 0.249 e. The highest BCUT2D eigenvalue weighted by molar-refractivity contribution is 5.80. The Hall–Kier alpha value is -1.67. The van der Waals surface area contributed by atoms with Gasteiger partial charge in [-0.1, -0.05) is 204 Å². The molecule has 382 valence electrons. The van der Waals surface area contributed by atoms with Crippen LogP contribution in [0.3, 0.4) is 0 Å². The number of nitrogens with one attached hydrogen (secondary N) is 1. The summed E-state index contributed by atoms with van der Waals surface area (Å²) in [5.74, 6) is -0.712. The van der Waals surface area contributed by atoms with Gasteiger partial charge < -0.3 is 50.5 Å². The molecule has 0 aromatic heterocycles. The minimum absolute atomic E-state index is 0.242. The van der Waals surface area contributed by atoms with E-state index in [4.69, 9.17) is 9.47 Å². The van der Waals surface area contributed by atoms with E-state index in [-0.39, 0.29) is 12.8 Å². The third-order valence-corrected chi connectivity index (χ3v) is 12.9. The van der Waals surface area contributed by atoms with Crippen molar-refractivity contribution < 1.29 is 50.0 Å². The van der Waals surface area contributed by atoms with Crippen molar-refractivity contribution in [1.29, 1.82) is 0 Å². The lowest BCUT2D eigenvalue weighted by molar-refractivity contribution is -0.303. The molecule has 1 fully saturated rings. The highest BCUT2D eigenvalue weighted by atomic mass is 16.7. The van der Waals surface area contributed by atoms with E-state index < -0.39 is 74.2 Å². The molecule has 0 aliphatic carbocycles. The largest absolute Gasteiger partial charge is 0.394 e. The molecule has 0 aromatic carbocycles. The predicted molar refractivity (Wildman–Crippen MR) is 265 cm³/mol. The molecule has 1 aliphatic rings. The minimum atomic E-state index is -1.67. The number of unbranched alkanes of at least 4 members (excludes halogenated alkanes) is 27. The van der Waals surface area contributed by atoms with Crippen LogP contribution in [0.1, 0.15) is 232 Å². The molecule has 9 atom stereocenters. The fraction of sp³-hybridized carbons (Fsp3) is 0.870. The van der Waals surface area contributed by atoms with Gasteiger partial charge in [0.1, 0.15) is 36.6 Å². The molecule has 1 aliphatic heterocycles. The summed E-state index contributed by atoms with van der Waals surface area (Å²) in [6, 6.07) is -1.19. The first-order valence-corrected chi connectivity index (χ1v) is 26.9. The van der Waals surface area contributed by atoms with E-state index in [9.17, 15) is 40.5 Å². The summed E-state index contributed by atoms with van der Waals surface area (Å²) in [6.07, 6.45) is 40.6. The Labute approximate surface area is 397 Å². The Morgan fingerprint density at radius 3 is 1.37 bits per heavy atom. The summed E-state index contributed by atoms with van der Waals surface area (Å²) in [4.78, 5) is 13.1. The molecular formula is C54H101NO10. The van der Waals surface area contributed by atoms with Crippen LogP contribution in [0, 0.1) is 0 Å². The van der Waals surface area contributed by atoms with Gasteiger partial charge in [0, 0.05) is 0 Å². The van der Waals surface area contributed by atoms with Crippen molar-refractivity contribution in [3.8, 4) is 0 Å². The first-order chi connectivity index (χ1) is 31.7. The van der Waals surface area contributed by atoms with Crippen LogP contribution in [-0.4, -0.2) is 110 Å². The van der Waals surface area contributed by atoms with Crippen LogP contribution in [0.4, 0.5) is 0 Å². The van der Waals surface area contributed by atoms with Gasteiger partial charge in [-0.05, 0) is 64.2 Å². The predicted octanol–water partition coefficient (Wildman–Crippen LogP) is 10.3. The summed E-state index contributed by atoms with van der Waals surface area (Å²) >= 11 is 0. The second-order valence-electron chi connectivity index (χ2n) is 18.9. The van der Waals surface area contributed by atoms with Gasteiger partial charge in [-0.2, -0.15) is 0 Å². The highest BCUT2D eigenvalue weighted by Crippen LogP contribution is 2.23. The van der Waals surface area contributed by atoms with E-state index in [2.05, 4.69) is 55.6 Å². The molecule has 1 heterocycles. The Morgan fingerprint density at radius 2 is 0.923 bits per heavy atom. The number of carbonyl (C=O) groups excluding carboxylic acids is 1. The SMILES string of the molecule is CCCCCCCCCCCCCC/C=C/CC/C=C/CC/C=C/CCCC(O)C(O)C(COC1OC(CO)C(O)C(O)C1O)NC(=O)C(O)CCCCCCCCCCCCCCC. The van der Waals surface area contributed by atoms with Gasteiger partial charge in [0.15, 0.2) is 6.29 Å². The zero-order chi connectivity index (χ0) is 47.6. The van der Waals surface area contributed by atoms with Crippen molar-refractivity contribution in [3.05, 3.63) is 36.5 Å². The zero-order valence-electron chi connectivity index (χ0n) is 41.5. The van der Waals surface area contributed by atoms with Crippen molar-refractivity contribution in [2.75, 3.05) is 13.2 Å². The molecule has 1 saturated heterocycles. The van der Waals surface area contributed by atoms with E-state index >= 15 is 0 Å². The fourth-order valence-corrected chi connectivity index (χ4v) is 8.47. The van der Waals surface area contributed by atoms with Crippen LogP contribution < -0.4 is 5.32 Å². The van der Waals surface area contributed by atoms with E-state index in [1.165, 1.54) is 141 Å². The third-order valence-electron chi connectivity index (χ3n) is 12.9. The number of amides is 1. The summed E-state index contributed by atoms with van der Waals surface area (Å²) in [7, 11) is 0. The van der Waals surface area contributed by atoms with E-state index in [0.717, 1.165) is 44.9 Å². The number of hydrogen-bond acceptors (Lipinski definition) is 10. The molecule has 9 unspecified atom stereocenters. The molecule has 65 heavy (non-hydrogen) atoms. The van der Waals surface area contributed by atoms with Crippen LogP contribution in [-0.2, 0) is 14.3 Å². The van der Waals surface area contributed by atoms with Gasteiger partial charge in [0.05, 0.1) is 25.4 Å². The molecule has 0 aromatic rings. The quantitative estimate of drug-likeness (QED) is 0.0216. The van der Waals surface area contributed by atoms with Crippen molar-refractivity contribution in [1.82, 2.24) is 5.32 Å². The molecule has 1 rings (SSSR count). The Bertz CT molecular complexity index is 1150. The molecule has 11 heteroatoms. The summed E-state index contributed by atoms with van der Waals surface area (Å²) in [5, 5.41) is 75.8. The number of carbonyl (C=O) groups is 1. The number of aliphatic hydroxyl groups is 7. The van der Waals surface area contributed by atoms with Crippen molar-refractivity contribution in [2.24, 2.45) is 0 Å². The average molecular weight is 924 g/mol. The maximum atomic E-state index is 13.1. The maximum absolute atomic E-state index is 13.1. The number of rotatable bonds is 45. The van der Waals surface area contributed by atoms with E-state index in [1.54, 1.807) is 0 Å². The number of ether oxygens (including phenoxy) is 2. The van der Waals surface area contributed by atoms with Crippen LogP contribution in [0.5, 0.6) is 0 Å². The van der Waals surface area contributed by atoms with Crippen molar-refractivity contribution >= 4 is 5.91 Å². The van der Waals surface area contributed by atoms with Gasteiger partial charge in [0.2, 0.25) is 5.91 Å². The van der Waals surface area contributed by atoms with Gasteiger partial charge in [-0.15, -0.1) is 0 Å². The van der Waals surface area contributed by atoms with Crippen LogP contribution >= 0.6 is 0 Å². The number of aliphatic hydroxyl groups excluding tert-OH is 7. The highest BCUT2D eigenvalue weighted by Gasteiger charge is 2.44. The molecule has 0 saturated carbocycles. The van der Waals surface area contributed by atoms with Gasteiger partial charge in [-0.25, -0.2) is 0 Å². The lowest BCUT2D eigenvalue weighted by Gasteiger charge is -2.40. The summed E-state index contributed by atoms with van der Waals surface area (Å²) in [5.41, 5.74) is 0. The van der Waals surface area contributed by atoms with Crippen molar-refractivity contribution in [2.45, 2.75) is 287 Å². The van der Waals surface area contributed by atoms with Crippen LogP contribution in [0.2, 0.25) is 0 Å². The Balaban J connectivity index is 2.38. The smallest absolute Gasteiger partial charge is 0.249 e. The van der Waals surface area contributed by atoms with E-state index in [0.29, 0.717) is 19.3 Å². The summed E-state index contributed by atoms with van der Waals surface area (Å²) < 4.78 is 11.1. The lowest BCUT2D eigenvalue weighted by atomic mass is 9.98. The Morgan fingerprint density at radius 1 is 0.523 bits per heavy atom. The van der Waals surface area contributed by atoms with Crippen molar-refractivity contribution in [3.63, 3.8) is 0 Å². The third kappa shape index (κ3) is 32.7. The monoisotopic (exact) mass is 924 g/mol. The Kier molecular flexibility index (Phi) is 41.1. The van der Waals surface area contributed by atoms with Gasteiger partial charge >= 0.3 is 0 Å². The zero-order valence-corrected chi connectivity index (χ0v) is 41.5. The first-order valence-electron chi connectivity index (χ1n) is 26.9. The van der Waals surface area contributed by atoms with Crippen LogP contribution in [0.15, 0.2) is 36.5 Å². The number of hydrogen-bond donors (Lipinski definition) is 8. The topological polar surface area (TPSA) is 189 Å². The first kappa shape index (κ1) is 61.3. The molecule has 11 nitrogen and oxygen atoms in total. The average Bonchev–Trinajstić information content (AvgIpc) is 3.31. The van der Waals surface area contributed by atoms with Crippen LogP contribution in [0.25, 0.3) is 0 Å². The number of allylic oxidation sites excluding steroid dienone is 6. The molecule has 0 radical (unpaired) electrons. The molecule has 8 N–H and O–H groups in total. The summed E-state index contributed by atoms with van der Waals surface area (Å²) in [6.45, 7) is 3.43. The van der Waals surface area contributed by atoms with Gasteiger partial charge in [0.25, 0.3) is 0 Å². The standard InChI is InChI=1S/C54H101NO10/c1-3-5-7-9-11-13-15-17-18-19-20-21-22-23-24-25-26-27-28-30-31-33-35-37-39-41-46(57)49(59)45(44-64-54-52(62)51(61)50(60)48(43-56)65-54)55-53(63)47(58)42-40-38-36-34-32-29-16-14-12-10-8-6-4-2/h23-24,27-28,33,35,45-52,54,56-62H,3-22,25-26,29-32,34,36-44H2,1-2H3,(H,55,63)/b24-23+,28-27+,35-33+. The lowest BCUT2D eigenvalue weighted by Crippen LogP contribution is -2.60. The second-order valence-corrected chi connectivity index (χ2v) is 18.9. The second kappa shape index (κ2) is 43.6. The van der Waals surface area contributed by atoms with Gasteiger partial charge in [-0.3, -0.25) is 4.79 Å². The minimum Gasteiger partial charge on any atom is -0.394 e. The molecule has 0 bridgehead atoms. The normalized spacial score (nSPS) is 21.2. The molecule has 0 spiro atoms. The molecule has 1 amide bonds.